The van der Waals surface area contributed by atoms with Crippen molar-refractivity contribution in [3.05, 3.63) is 4.88 Å². The highest BCUT2D eigenvalue weighted by Crippen LogP contribution is 2.30. The van der Waals surface area contributed by atoms with E-state index in [-0.39, 0.29) is 11.9 Å². The van der Waals surface area contributed by atoms with Crippen LogP contribution in [0.5, 0.6) is 5.88 Å². The first-order valence-corrected chi connectivity index (χ1v) is 7.03. The summed E-state index contributed by atoms with van der Waals surface area (Å²) in [5.41, 5.74) is 0. The SMILES string of the molecule is CCNC(=O)C(C)NCc1sc(N(C)C)nc1OC. The molecule has 0 spiro atoms. The number of carbonyl (C=O) groups excluding carboxylic acids is 1. The third-order valence-electron chi connectivity index (χ3n) is 2.54. The molecule has 0 aliphatic heterocycles. The number of ether oxygens (including phenoxy) is 1. The molecule has 0 fully saturated rings. The van der Waals surface area contributed by atoms with Crippen LogP contribution in [-0.2, 0) is 11.3 Å². The highest BCUT2D eigenvalue weighted by molar-refractivity contribution is 7.15. The Morgan fingerprint density at radius 1 is 1.53 bits per heavy atom. The number of methoxy groups -OCH3 is 1. The minimum atomic E-state index is -0.241. The van der Waals surface area contributed by atoms with Crippen LogP contribution in [0.4, 0.5) is 5.13 Å². The molecular formula is C12H22N4O2S. The molecule has 0 aromatic carbocycles. The lowest BCUT2D eigenvalue weighted by molar-refractivity contribution is -0.122. The van der Waals surface area contributed by atoms with Crippen LogP contribution in [0, 0.1) is 0 Å². The van der Waals surface area contributed by atoms with Gasteiger partial charge >= 0.3 is 0 Å². The summed E-state index contributed by atoms with van der Waals surface area (Å²) in [7, 11) is 5.48. The Kier molecular flexibility index (Phi) is 6.04. The van der Waals surface area contributed by atoms with Crippen LogP contribution in [0.3, 0.4) is 0 Å². The van der Waals surface area contributed by atoms with Gasteiger partial charge in [0.2, 0.25) is 11.8 Å². The summed E-state index contributed by atoms with van der Waals surface area (Å²) in [5.74, 6) is 0.614. The lowest BCUT2D eigenvalue weighted by atomic mass is 10.3. The lowest BCUT2D eigenvalue weighted by Gasteiger charge is -2.12. The number of carbonyl (C=O) groups is 1. The topological polar surface area (TPSA) is 66.5 Å². The van der Waals surface area contributed by atoms with Crippen molar-refractivity contribution in [2.75, 3.05) is 32.6 Å². The Balaban J connectivity index is 2.64. The molecule has 1 aromatic heterocycles. The molecule has 1 rings (SSSR count). The monoisotopic (exact) mass is 286 g/mol. The molecule has 7 heteroatoms. The van der Waals surface area contributed by atoms with Gasteiger partial charge in [-0.05, 0) is 13.8 Å². The molecule has 0 saturated carbocycles. The predicted molar refractivity (Wildman–Crippen MR) is 78.0 cm³/mol. The summed E-state index contributed by atoms with van der Waals surface area (Å²) in [4.78, 5) is 18.9. The van der Waals surface area contributed by atoms with Crippen molar-refractivity contribution in [2.24, 2.45) is 0 Å². The van der Waals surface area contributed by atoms with Gasteiger partial charge in [-0.25, -0.2) is 0 Å². The van der Waals surface area contributed by atoms with E-state index in [0.717, 1.165) is 10.0 Å². The molecule has 1 amide bonds. The molecule has 108 valence electrons. The number of thiazole rings is 1. The summed E-state index contributed by atoms with van der Waals surface area (Å²) in [5, 5.41) is 6.84. The van der Waals surface area contributed by atoms with Crippen molar-refractivity contribution >= 4 is 22.4 Å². The molecule has 1 aromatic rings. The second-order valence-electron chi connectivity index (χ2n) is 4.32. The standard InChI is InChI=1S/C12H22N4O2S/c1-6-13-10(17)8(2)14-7-9-11(18-5)15-12(19-9)16(3)4/h8,14H,6-7H2,1-5H3,(H,13,17). The van der Waals surface area contributed by atoms with Crippen LogP contribution >= 0.6 is 11.3 Å². The first-order chi connectivity index (χ1) is 8.99. The van der Waals surface area contributed by atoms with Gasteiger partial charge in [0, 0.05) is 27.2 Å². The molecule has 0 bridgehead atoms. The zero-order valence-electron chi connectivity index (χ0n) is 12.1. The van der Waals surface area contributed by atoms with Crippen LogP contribution in [-0.4, -0.2) is 44.7 Å². The Bertz CT molecular complexity index is 420. The summed E-state index contributed by atoms with van der Waals surface area (Å²) in [6.07, 6.45) is 0. The number of hydrogen-bond donors (Lipinski definition) is 2. The van der Waals surface area contributed by atoms with Crippen LogP contribution in [0.1, 0.15) is 18.7 Å². The van der Waals surface area contributed by atoms with Gasteiger partial charge < -0.3 is 20.3 Å². The third kappa shape index (κ3) is 4.36. The van der Waals surface area contributed by atoms with Gasteiger partial charge in [-0.2, -0.15) is 4.98 Å². The van der Waals surface area contributed by atoms with Gasteiger partial charge in [-0.15, -0.1) is 0 Å². The quantitative estimate of drug-likeness (QED) is 0.777. The number of hydrogen-bond acceptors (Lipinski definition) is 6. The van der Waals surface area contributed by atoms with Crippen molar-refractivity contribution in [3.8, 4) is 5.88 Å². The zero-order valence-corrected chi connectivity index (χ0v) is 12.9. The average Bonchev–Trinajstić information content (AvgIpc) is 2.79. The van der Waals surface area contributed by atoms with Crippen LogP contribution in [0.25, 0.3) is 0 Å². The van der Waals surface area contributed by atoms with E-state index in [4.69, 9.17) is 4.74 Å². The smallest absolute Gasteiger partial charge is 0.236 e. The summed E-state index contributed by atoms with van der Waals surface area (Å²) in [6.45, 7) is 4.94. The Morgan fingerprint density at radius 3 is 2.74 bits per heavy atom. The Labute approximate surface area is 118 Å². The molecule has 1 heterocycles. The number of amides is 1. The van der Waals surface area contributed by atoms with E-state index >= 15 is 0 Å². The minimum absolute atomic E-state index is 0.00110. The summed E-state index contributed by atoms with van der Waals surface area (Å²) in [6, 6.07) is -0.241. The molecule has 0 aliphatic rings. The molecule has 0 aliphatic carbocycles. The number of anilines is 1. The molecule has 0 saturated heterocycles. The van der Waals surface area contributed by atoms with E-state index in [0.29, 0.717) is 19.0 Å². The summed E-state index contributed by atoms with van der Waals surface area (Å²) < 4.78 is 5.25. The molecule has 1 unspecified atom stereocenters. The van der Waals surface area contributed by atoms with Crippen molar-refractivity contribution < 1.29 is 9.53 Å². The first-order valence-electron chi connectivity index (χ1n) is 6.21. The van der Waals surface area contributed by atoms with Crippen LogP contribution < -0.4 is 20.3 Å². The van der Waals surface area contributed by atoms with E-state index in [1.165, 1.54) is 0 Å². The van der Waals surface area contributed by atoms with Crippen molar-refractivity contribution in [1.29, 1.82) is 0 Å². The first kappa shape index (κ1) is 15.7. The van der Waals surface area contributed by atoms with Crippen molar-refractivity contribution in [1.82, 2.24) is 15.6 Å². The molecule has 19 heavy (non-hydrogen) atoms. The van der Waals surface area contributed by atoms with E-state index < -0.39 is 0 Å². The fourth-order valence-corrected chi connectivity index (χ4v) is 2.36. The van der Waals surface area contributed by atoms with E-state index in [9.17, 15) is 4.79 Å². The molecule has 6 nitrogen and oxygen atoms in total. The van der Waals surface area contributed by atoms with E-state index in [2.05, 4.69) is 15.6 Å². The van der Waals surface area contributed by atoms with Gasteiger partial charge in [0.1, 0.15) is 0 Å². The van der Waals surface area contributed by atoms with Gasteiger partial charge in [0.05, 0.1) is 18.0 Å². The predicted octanol–water partition coefficient (Wildman–Crippen LogP) is 0.832. The molecule has 1 atom stereocenters. The zero-order chi connectivity index (χ0) is 14.4. The Hall–Kier alpha value is -1.34. The Morgan fingerprint density at radius 2 is 2.21 bits per heavy atom. The van der Waals surface area contributed by atoms with Gasteiger partial charge in [-0.1, -0.05) is 11.3 Å². The maximum atomic E-state index is 11.6. The number of nitrogens with zero attached hydrogens (tertiary/aromatic N) is 2. The van der Waals surface area contributed by atoms with Crippen LogP contribution in [0.2, 0.25) is 0 Å². The number of likely N-dealkylation sites (N-methyl/N-ethyl adjacent to an activating group) is 1. The van der Waals surface area contributed by atoms with Gasteiger partial charge in [0.15, 0.2) is 5.13 Å². The van der Waals surface area contributed by atoms with Gasteiger partial charge in [0.25, 0.3) is 0 Å². The average molecular weight is 286 g/mol. The lowest BCUT2D eigenvalue weighted by Crippen LogP contribution is -2.41. The fraction of sp³-hybridized carbons (Fsp3) is 0.667. The van der Waals surface area contributed by atoms with E-state index in [1.807, 2.05) is 32.8 Å². The number of rotatable bonds is 7. The van der Waals surface area contributed by atoms with Crippen LogP contribution in [0.15, 0.2) is 0 Å². The number of nitrogens with one attached hydrogen (secondary N) is 2. The fourth-order valence-electron chi connectivity index (χ4n) is 1.45. The molecular weight excluding hydrogens is 264 g/mol. The number of aromatic nitrogens is 1. The van der Waals surface area contributed by atoms with E-state index in [1.54, 1.807) is 18.4 Å². The van der Waals surface area contributed by atoms with Crippen molar-refractivity contribution in [2.45, 2.75) is 26.4 Å². The maximum absolute atomic E-state index is 11.6. The molecule has 2 N–H and O–H groups in total. The maximum Gasteiger partial charge on any atom is 0.236 e. The summed E-state index contributed by atoms with van der Waals surface area (Å²) >= 11 is 1.55. The largest absolute Gasteiger partial charge is 0.480 e. The highest BCUT2D eigenvalue weighted by atomic mass is 32.1. The minimum Gasteiger partial charge on any atom is -0.480 e. The second-order valence-corrected chi connectivity index (χ2v) is 5.38. The second kappa shape index (κ2) is 7.30. The third-order valence-corrected chi connectivity index (χ3v) is 3.74. The van der Waals surface area contributed by atoms with Crippen molar-refractivity contribution in [3.63, 3.8) is 0 Å². The van der Waals surface area contributed by atoms with Gasteiger partial charge in [-0.3, -0.25) is 4.79 Å². The molecule has 0 radical (unpaired) electrons. The highest BCUT2D eigenvalue weighted by Gasteiger charge is 2.16. The normalized spacial score (nSPS) is 12.1.